The second kappa shape index (κ2) is 8.11. The summed E-state index contributed by atoms with van der Waals surface area (Å²) in [5.41, 5.74) is 2.85. The fourth-order valence-electron chi connectivity index (χ4n) is 3.59. The molecule has 1 amide bonds. The van der Waals surface area contributed by atoms with Crippen molar-refractivity contribution in [3.05, 3.63) is 60.2 Å². The van der Waals surface area contributed by atoms with Crippen LogP contribution in [0, 0.1) is 0 Å². The molecule has 1 N–H and O–H groups in total. The van der Waals surface area contributed by atoms with E-state index in [0.29, 0.717) is 0 Å². The van der Waals surface area contributed by atoms with Crippen molar-refractivity contribution in [3.63, 3.8) is 0 Å². The second-order valence-corrected chi connectivity index (χ2v) is 6.43. The molecular weight excluding hydrogens is 298 g/mol. The van der Waals surface area contributed by atoms with Gasteiger partial charge in [-0.1, -0.05) is 48.5 Å². The number of carbonyl (C=O) groups is 1. The summed E-state index contributed by atoms with van der Waals surface area (Å²) >= 11 is 0. The summed E-state index contributed by atoms with van der Waals surface area (Å²) in [7, 11) is 0. The molecule has 1 atom stereocenters. The first-order chi connectivity index (χ1) is 11.8. The molecule has 0 bridgehead atoms. The lowest BCUT2D eigenvalue weighted by molar-refractivity contribution is 0.0591. The molecule has 1 unspecified atom stereocenters. The van der Waals surface area contributed by atoms with Crippen LogP contribution < -0.4 is 0 Å². The molecule has 3 heteroatoms. The number of aliphatic hydroxyl groups excluding tert-OH is 1. The van der Waals surface area contributed by atoms with Crippen molar-refractivity contribution >= 4 is 5.91 Å². The smallest absolute Gasteiger partial charge is 0.254 e. The Morgan fingerprint density at radius 3 is 2.58 bits per heavy atom. The van der Waals surface area contributed by atoms with Gasteiger partial charge < -0.3 is 10.0 Å². The minimum atomic E-state index is 0.122. The van der Waals surface area contributed by atoms with E-state index in [1.54, 1.807) is 0 Å². The lowest BCUT2D eigenvalue weighted by Gasteiger charge is -2.36. The summed E-state index contributed by atoms with van der Waals surface area (Å²) in [4.78, 5) is 15.3. The largest absolute Gasteiger partial charge is 0.396 e. The summed E-state index contributed by atoms with van der Waals surface area (Å²) in [5.74, 6) is 0.122. The molecule has 3 nitrogen and oxygen atoms in total. The number of carbonyl (C=O) groups excluding carboxylic acids is 1. The van der Waals surface area contributed by atoms with Crippen LogP contribution in [0.3, 0.4) is 0 Å². The molecule has 0 saturated carbocycles. The number of aliphatic hydroxyl groups is 1. The molecule has 1 saturated heterocycles. The number of piperidine rings is 1. The molecule has 0 spiro atoms. The lowest BCUT2D eigenvalue weighted by Crippen LogP contribution is -2.44. The average Bonchev–Trinajstić information content (AvgIpc) is 2.67. The molecule has 1 aliphatic heterocycles. The van der Waals surface area contributed by atoms with Crippen LogP contribution in [0.1, 0.15) is 42.5 Å². The molecule has 0 aliphatic carbocycles. The van der Waals surface area contributed by atoms with Crippen molar-refractivity contribution in [3.8, 4) is 11.1 Å². The van der Waals surface area contributed by atoms with Gasteiger partial charge in [0, 0.05) is 24.8 Å². The first-order valence-electron chi connectivity index (χ1n) is 8.87. The van der Waals surface area contributed by atoms with Crippen LogP contribution in [0.15, 0.2) is 54.6 Å². The van der Waals surface area contributed by atoms with E-state index in [1.165, 1.54) is 6.42 Å². The van der Waals surface area contributed by atoms with E-state index >= 15 is 0 Å². The highest BCUT2D eigenvalue weighted by Crippen LogP contribution is 2.28. The maximum absolute atomic E-state index is 13.2. The van der Waals surface area contributed by atoms with E-state index < -0.39 is 0 Å². The molecule has 0 aromatic heterocycles. The van der Waals surface area contributed by atoms with Crippen LogP contribution in [0.25, 0.3) is 11.1 Å². The van der Waals surface area contributed by atoms with Gasteiger partial charge in [-0.25, -0.2) is 0 Å². The van der Waals surface area contributed by atoms with Crippen molar-refractivity contribution in [1.82, 2.24) is 4.90 Å². The van der Waals surface area contributed by atoms with Crippen LogP contribution in [-0.4, -0.2) is 35.1 Å². The number of nitrogens with zero attached hydrogens (tertiary/aromatic N) is 1. The lowest BCUT2D eigenvalue weighted by atomic mass is 9.94. The van der Waals surface area contributed by atoms with Crippen molar-refractivity contribution in [2.24, 2.45) is 0 Å². The Kier molecular flexibility index (Phi) is 5.65. The number of benzene rings is 2. The van der Waals surface area contributed by atoms with Gasteiger partial charge >= 0.3 is 0 Å². The van der Waals surface area contributed by atoms with Crippen LogP contribution in [0.2, 0.25) is 0 Å². The molecule has 2 aromatic rings. The van der Waals surface area contributed by atoms with E-state index in [2.05, 4.69) is 0 Å². The normalized spacial score (nSPS) is 17.7. The van der Waals surface area contributed by atoms with Crippen LogP contribution in [-0.2, 0) is 0 Å². The van der Waals surface area contributed by atoms with Crippen molar-refractivity contribution < 1.29 is 9.90 Å². The third-order valence-electron chi connectivity index (χ3n) is 4.83. The summed E-state index contributed by atoms with van der Waals surface area (Å²) in [6, 6.07) is 18.2. The molecule has 2 aromatic carbocycles. The quantitative estimate of drug-likeness (QED) is 0.899. The SMILES string of the molecule is O=C(c1ccccc1-c1ccccc1)N1CCCCC1CCCO. The number of amides is 1. The highest BCUT2D eigenvalue weighted by molar-refractivity contribution is 6.01. The third-order valence-corrected chi connectivity index (χ3v) is 4.83. The number of hydrogen-bond donors (Lipinski definition) is 1. The van der Waals surface area contributed by atoms with Gasteiger partial charge in [0.15, 0.2) is 0 Å². The predicted molar refractivity (Wildman–Crippen MR) is 96.9 cm³/mol. The van der Waals surface area contributed by atoms with Crippen molar-refractivity contribution in [2.45, 2.75) is 38.1 Å². The first kappa shape index (κ1) is 16.7. The van der Waals surface area contributed by atoms with E-state index in [0.717, 1.165) is 48.9 Å². The molecule has 3 rings (SSSR count). The van der Waals surface area contributed by atoms with Gasteiger partial charge in [-0.05, 0) is 49.3 Å². The zero-order valence-electron chi connectivity index (χ0n) is 14.0. The maximum atomic E-state index is 13.2. The first-order valence-corrected chi connectivity index (χ1v) is 8.87. The fraction of sp³-hybridized carbons (Fsp3) is 0.381. The van der Waals surface area contributed by atoms with Gasteiger partial charge in [0.25, 0.3) is 5.91 Å². The Labute approximate surface area is 143 Å². The van der Waals surface area contributed by atoms with Crippen LogP contribution in [0.4, 0.5) is 0 Å². The highest BCUT2D eigenvalue weighted by Gasteiger charge is 2.28. The average molecular weight is 323 g/mol. The monoisotopic (exact) mass is 323 g/mol. The minimum absolute atomic E-state index is 0.122. The fourth-order valence-corrected chi connectivity index (χ4v) is 3.59. The predicted octanol–water partition coefficient (Wildman–Crippen LogP) is 4.12. The van der Waals surface area contributed by atoms with E-state index in [-0.39, 0.29) is 18.6 Å². The molecule has 1 heterocycles. The summed E-state index contributed by atoms with van der Waals surface area (Å²) in [5, 5.41) is 9.13. The van der Waals surface area contributed by atoms with E-state index in [9.17, 15) is 4.79 Å². The summed E-state index contributed by atoms with van der Waals surface area (Å²) < 4.78 is 0. The summed E-state index contributed by atoms with van der Waals surface area (Å²) in [6.07, 6.45) is 4.92. The van der Waals surface area contributed by atoms with Crippen LogP contribution >= 0.6 is 0 Å². The van der Waals surface area contributed by atoms with Gasteiger partial charge in [0.1, 0.15) is 0 Å². The van der Waals surface area contributed by atoms with Crippen molar-refractivity contribution in [1.29, 1.82) is 0 Å². The van der Waals surface area contributed by atoms with Gasteiger partial charge in [-0.3, -0.25) is 4.79 Å². The standard InChI is InChI=1S/C21H25NO2/c23-16-8-12-18-11-6-7-15-22(18)21(24)20-14-5-4-13-19(20)17-9-2-1-3-10-17/h1-5,9-10,13-14,18,23H,6-8,11-12,15-16H2. The molecular formula is C21H25NO2. The van der Waals surface area contributed by atoms with E-state index in [1.807, 2.05) is 59.5 Å². The number of rotatable bonds is 5. The van der Waals surface area contributed by atoms with E-state index in [4.69, 9.17) is 5.11 Å². The molecule has 24 heavy (non-hydrogen) atoms. The Morgan fingerprint density at radius 2 is 1.79 bits per heavy atom. The third kappa shape index (κ3) is 3.68. The Balaban J connectivity index is 1.89. The second-order valence-electron chi connectivity index (χ2n) is 6.43. The molecule has 1 fully saturated rings. The van der Waals surface area contributed by atoms with Gasteiger partial charge in [-0.2, -0.15) is 0 Å². The zero-order valence-corrected chi connectivity index (χ0v) is 14.0. The topological polar surface area (TPSA) is 40.5 Å². The zero-order chi connectivity index (χ0) is 16.8. The van der Waals surface area contributed by atoms with Crippen molar-refractivity contribution in [2.75, 3.05) is 13.2 Å². The highest BCUT2D eigenvalue weighted by atomic mass is 16.3. The molecule has 1 aliphatic rings. The number of likely N-dealkylation sites (tertiary alicyclic amines) is 1. The minimum Gasteiger partial charge on any atom is -0.396 e. The van der Waals surface area contributed by atoms with Gasteiger partial charge in [0.2, 0.25) is 0 Å². The van der Waals surface area contributed by atoms with Gasteiger partial charge in [0.05, 0.1) is 0 Å². The Hall–Kier alpha value is -2.13. The Morgan fingerprint density at radius 1 is 1.04 bits per heavy atom. The molecule has 0 radical (unpaired) electrons. The molecule has 126 valence electrons. The Bertz CT molecular complexity index is 669. The van der Waals surface area contributed by atoms with Gasteiger partial charge in [-0.15, -0.1) is 0 Å². The summed E-state index contributed by atoms with van der Waals surface area (Å²) in [6.45, 7) is 1.01. The number of hydrogen-bond acceptors (Lipinski definition) is 2. The maximum Gasteiger partial charge on any atom is 0.254 e. The van der Waals surface area contributed by atoms with Crippen LogP contribution in [0.5, 0.6) is 0 Å².